The van der Waals surface area contributed by atoms with Crippen molar-refractivity contribution in [2.75, 3.05) is 17.7 Å². The number of nitrogen functional groups attached to an aromatic ring is 1. The molecule has 0 aliphatic carbocycles. The lowest BCUT2D eigenvalue weighted by atomic mass is 9.74. The van der Waals surface area contributed by atoms with E-state index in [1.807, 2.05) is 18.7 Å². The molecule has 0 aliphatic heterocycles. The fourth-order valence-corrected chi connectivity index (χ4v) is 5.21. The zero-order chi connectivity index (χ0) is 24.9. The third-order valence-corrected chi connectivity index (χ3v) is 7.61. The monoisotopic (exact) mass is 493 g/mol. The topological polar surface area (TPSA) is 26.0 Å². The number of rotatable bonds is 11. The normalized spacial score (nSPS) is 13.7. The number of thioether (sulfide) groups is 1. The van der Waals surface area contributed by atoms with Crippen LogP contribution in [0.4, 0.5) is 14.5 Å². The molecule has 0 aliphatic rings. The van der Waals surface area contributed by atoms with Crippen LogP contribution < -0.4 is 5.73 Å². The van der Waals surface area contributed by atoms with Gasteiger partial charge in [0.15, 0.2) is 11.6 Å². The quantitative estimate of drug-likeness (QED) is 0.192. The van der Waals surface area contributed by atoms with Crippen LogP contribution in [0.15, 0.2) is 30.8 Å². The Morgan fingerprint density at radius 3 is 2.27 bits per heavy atom. The van der Waals surface area contributed by atoms with Gasteiger partial charge in [0, 0.05) is 11.3 Å². The highest BCUT2D eigenvalue weighted by Crippen LogP contribution is 2.42. The fraction of sp³-hybridized carbons (Fsp3) is 0.500. The molecule has 2 unspecified atom stereocenters. The van der Waals surface area contributed by atoms with Gasteiger partial charge in [0.2, 0.25) is 0 Å². The lowest BCUT2D eigenvalue weighted by molar-refractivity contribution is 0.295. The Hall–Kier alpha value is -1.52. The Morgan fingerprint density at radius 2 is 1.73 bits per heavy atom. The molecular weight excluding hydrogens is 456 g/mol. The predicted octanol–water partition coefficient (Wildman–Crippen LogP) is 8.69. The molecule has 0 bridgehead atoms. The van der Waals surface area contributed by atoms with Crippen LogP contribution in [-0.4, -0.2) is 17.4 Å². The van der Waals surface area contributed by atoms with Crippen molar-refractivity contribution >= 4 is 34.6 Å². The number of hydrogen-bond donors (Lipinski definition) is 1. The number of nitrogens with two attached hydrogens (primary N) is 1. The number of allylic oxidation sites excluding steroid dienone is 1. The van der Waals surface area contributed by atoms with Crippen LogP contribution in [0.2, 0.25) is 0 Å². The number of alkyl halides is 1. The van der Waals surface area contributed by atoms with E-state index < -0.39 is 11.6 Å². The first kappa shape index (κ1) is 27.7. The molecule has 2 atom stereocenters. The van der Waals surface area contributed by atoms with Crippen LogP contribution in [-0.2, 0) is 6.42 Å². The average molecular weight is 494 g/mol. The minimum atomic E-state index is -0.971. The number of halogens is 3. The maximum Gasteiger partial charge on any atom is 0.182 e. The summed E-state index contributed by atoms with van der Waals surface area (Å²) in [4.78, 5) is 0. The standard InChI is InChI=1S/C28H38ClF2NS/c1-17(9-8-14-33-7)22-12-10-21(11-13-22)15-28(5,6)16-23(20(4)29)24-18(2)19(3)27(32)26(31)25(24)30/h10-13,20,23H,1,8-9,14-16,32H2,2-7H3. The van der Waals surface area contributed by atoms with Gasteiger partial charge in [0.25, 0.3) is 0 Å². The van der Waals surface area contributed by atoms with Crippen LogP contribution in [0.1, 0.15) is 73.8 Å². The molecule has 0 saturated carbocycles. The van der Waals surface area contributed by atoms with E-state index in [2.05, 4.69) is 50.9 Å². The first-order valence-electron chi connectivity index (χ1n) is 11.5. The van der Waals surface area contributed by atoms with E-state index in [1.165, 1.54) is 11.1 Å². The molecule has 2 aromatic rings. The van der Waals surface area contributed by atoms with Crippen molar-refractivity contribution in [3.63, 3.8) is 0 Å². The molecule has 2 aromatic carbocycles. The number of benzene rings is 2. The van der Waals surface area contributed by atoms with E-state index in [9.17, 15) is 4.39 Å². The smallest absolute Gasteiger partial charge is 0.182 e. The van der Waals surface area contributed by atoms with Gasteiger partial charge in [-0.15, -0.1) is 11.6 Å². The summed E-state index contributed by atoms with van der Waals surface area (Å²) in [5.41, 5.74) is 10.6. The second-order valence-electron chi connectivity index (χ2n) is 9.93. The van der Waals surface area contributed by atoms with E-state index in [0.29, 0.717) is 23.1 Å². The van der Waals surface area contributed by atoms with Gasteiger partial charge in [-0.3, -0.25) is 0 Å². The summed E-state index contributed by atoms with van der Waals surface area (Å²) < 4.78 is 29.5. The van der Waals surface area contributed by atoms with Crippen molar-refractivity contribution in [2.24, 2.45) is 5.41 Å². The Balaban J connectivity index is 2.22. The van der Waals surface area contributed by atoms with E-state index in [0.717, 1.165) is 30.6 Å². The zero-order valence-electron chi connectivity index (χ0n) is 20.8. The minimum Gasteiger partial charge on any atom is -0.396 e. The molecule has 2 N–H and O–H groups in total. The van der Waals surface area contributed by atoms with Gasteiger partial charge in [0.05, 0.1) is 5.69 Å². The zero-order valence-corrected chi connectivity index (χ0v) is 22.4. The third-order valence-electron chi connectivity index (χ3n) is 6.61. The first-order chi connectivity index (χ1) is 15.4. The predicted molar refractivity (Wildman–Crippen MR) is 143 cm³/mol. The van der Waals surface area contributed by atoms with Gasteiger partial charge in [0.1, 0.15) is 0 Å². The van der Waals surface area contributed by atoms with Crippen molar-refractivity contribution < 1.29 is 8.78 Å². The molecule has 0 heterocycles. The second-order valence-corrected chi connectivity index (χ2v) is 11.6. The Morgan fingerprint density at radius 1 is 1.12 bits per heavy atom. The van der Waals surface area contributed by atoms with Gasteiger partial charge in [-0.2, -0.15) is 11.8 Å². The highest BCUT2D eigenvalue weighted by Gasteiger charge is 2.33. The van der Waals surface area contributed by atoms with Crippen LogP contribution in [0.3, 0.4) is 0 Å². The van der Waals surface area contributed by atoms with Crippen molar-refractivity contribution in [1.29, 1.82) is 0 Å². The number of hydrogen-bond acceptors (Lipinski definition) is 2. The summed E-state index contributed by atoms with van der Waals surface area (Å²) in [7, 11) is 0. The van der Waals surface area contributed by atoms with E-state index in [-0.39, 0.29) is 22.4 Å². The largest absolute Gasteiger partial charge is 0.396 e. The summed E-state index contributed by atoms with van der Waals surface area (Å²) in [6, 6.07) is 8.57. The summed E-state index contributed by atoms with van der Waals surface area (Å²) >= 11 is 8.41. The molecule has 1 nitrogen and oxygen atoms in total. The number of anilines is 1. The summed E-state index contributed by atoms with van der Waals surface area (Å²) in [6.07, 6.45) is 5.69. The second kappa shape index (κ2) is 11.8. The molecule has 0 spiro atoms. The average Bonchev–Trinajstić information content (AvgIpc) is 2.76. The van der Waals surface area contributed by atoms with Crippen LogP contribution in [0, 0.1) is 30.9 Å². The molecule has 0 fully saturated rings. The molecule has 0 amide bonds. The van der Waals surface area contributed by atoms with Crippen molar-refractivity contribution in [3.8, 4) is 0 Å². The molecule has 182 valence electrons. The van der Waals surface area contributed by atoms with Gasteiger partial charge in [-0.25, -0.2) is 8.78 Å². The summed E-state index contributed by atoms with van der Waals surface area (Å²) in [5.74, 6) is -1.02. The highest BCUT2D eigenvalue weighted by atomic mass is 35.5. The Kier molecular flexibility index (Phi) is 9.87. The molecule has 0 aromatic heterocycles. The Labute approximate surface area is 208 Å². The molecule has 33 heavy (non-hydrogen) atoms. The highest BCUT2D eigenvalue weighted by molar-refractivity contribution is 7.98. The lowest BCUT2D eigenvalue weighted by Crippen LogP contribution is -2.25. The first-order valence-corrected chi connectivity index (χ1v) is 13.4. The van der Waals surface area contributed by atoms with Gasteiger partial charge >= 0.3 is 0 Å². The van der Waals surface area contributed by atoms with E-state index in [1.54, 1.807) is 13.8 Å². The van der Waals surface area contributed by atoms with Gasteiger partial charge in [-0.1, -0.05) is 44.7 Å². The third kappa shape index (κ3) is 6.99. The van der Waals surface area contributed by atoms with Gasteiger partial charge < -0.3 is 5.73 Å². The molecular formula is C28H38ClF2NS. The van der Waals surface area contributed by atoms with E-state index in [4.69, 9.17) is 17.3 Å². The molecule has 2 rings (SSSR count). The van der Waals surface area contributed by atoms with E-state index >= 15 is 4.39 Å². The Bertz CT molecular complexity index is 938. The van der Waals surface area contributed by atoms with Crippen molar-refractivity contribution in [3.05, 3.63) is 70.3 Å². The molecule has 5 heteroatoms. The maximum absolute atomic E-state index is 15.0. The van der Waals surface area contributed by atoms with Crippen molar-refractivity contribution in [1.82, 2.24) is 0 Å². The maximum atomic E-state index is 15.0. The minimum absolute atomic E-state index is 0.121. The summed E-state index contributed by atoms with van der Waals surface area (Å²) in [6.45, 7) is 13.9. The van der Waals surface area contributed by atoms with Crippen LogP contribution in [0.5, 0.6) is 0 Å². The SMILES string of the molecule is C=C(CCCSC)c1ccc(CC(C)(C)CC(c2c(C)c(C)c(N)c(F)c2F)C(C)Cl)cc1. The lowest BCUT2D eigenvalue weighted by Gasteiger charge is -2.33. The van der Waals surface area contributed by atoms with Crippen LogP contribution >= 0.6 is 23.4 Å². The molecule has 0 radical (unpaired) electrons. The summed E-state index contributed by atoms with van der Waals surface area (Å²) in [5, 5.41) is -0.355. The molecule has 0 saturated heterocycles. The van der Waals surface area contributed by atoms with Crippen LogP contribution in [0.25, 0.3) is 5.57 Å². The fourth-order valence-electron chi connectivity index (χ4n) is 4.56. The van der Waals surface area contributed by atoms with Crippen molar-refractivity contribution in [2.45, 2.75) is 71.6 Å². The van der Waals surface area contributed by atoms with Gasteiger partial charge in [-0.05, 0) is 97.3 Å².